The Morgan fingerprint density at radius 3 is 2.26 bits per heavy atom. The predicted octanol–water partition coefficient (Wildman–Crippen LogP) is 4.91. The number of benzene rings is 2. The first kappa shape index (κ1) is 25.4. The second kappa shape index (κ2) is 10.4. The number of aromatic nitrogens is 2. The molecule has 0 amide bonds. The van der Waals surface area contributed by atoms with Crippen molar-refractivity contribution in [3.8, 4) is 5.75 Å². The topological polar surface area (TPSA) is 94.6 Å². The minimum atomic E-state index is -4.35. The van der Waals surface area contributed by atoms with E-state index in [-0.39, 0.29) is 29.1 Å². The summed E-state index contributed by atoms with van der Waals surface area (Å²) in [6.45, 7) is 3.03. The van der Waals surface area contributed by atoms with E-state index in [2.05, 4.69) is 5.10 Å². The highest BCUT2D eigenvalue weighted by molar-refractivity contribution is 8.00. The third-order valence-electron chi connectivity index (χ3n) is 4.80. The Kier molecular flexibility index (Phi) is 7.75. The highest BCUT2D eigenvalue weighted by atomic mass is 32.2. The molecule has 182 valence electrons. The zero-order valence-corrected chi connectivity index (χ0v) is 19.3. The van der Waals surface area contributed by atoms with Crippen molar-refractivity contribution in [2.75, 3.05) is 0 Å². The summed E-state index contributed by atoms with van der Waals surface area (Å²) in [5.74, 6) is -0.968. The van der Waals surface area contributed by atoms with Crippen molar-refractivity contribution in [1.82, 2.24) is 9.78 Å². The van der Waals surface area contributed by atoms with Crippen LogP contribution in [0.5, 0.6) is 5.75 Å². The number of aryl methyl sites for hydroxylation is 2. The minimum Gasteiger partial charge on any atom is -0.478 e. The molecule has 0 radical (unpaired) electrons. The van der Waals surface area contributed by atoms with Gasteiger partial charge < -0.3 is 14.3 Å². The molecule has 7 nitrogen and oxygen atoms in total. The summed E-state index contributed by atoms with van der Waals surface area (Å²) >= 11 is -0.199. The summed E-state index contributed by atoms with van der Waals surface area (Å²) in [7, 11) is 0. The van der Waals surface area contributed by atoms with Crippen molar-refractivity contribution >= 4 is 17.7 Å². The van der Waals surface area contributed by atoms with Gasteiger partial charge in [-0.15, -0.1) is 5.10 Å². The first-order valence-corrected chi connectivity index (χ1v) is 11.2. The molecule has 0 aliphatic rings. The molecule has 11 heteroatoms. The van der Waals surface area contributed by atoms with E-state index in [0.717, 1.165) is 10.2 Å². The Bertz CT molecular complexity index is 1170. The number of nitrogens with zero attached hydrogens (tertiary/aromatic N) is 2. The molecule has 0 bridgehead atoms. The SMILES string of the molecule is CC(C)(Oc1ccc(CCCc2nn(Cc3ccc(SC(F)(F)F)cc3)c(=O)o2)cc1)C(=O)O. The summed E-state index contributed by atoms with van der Waals surface area (Å²) in [4.78, 5) is 23.3. The number of hydrogen-bond acceptors (Lipinski definition) is 6. The average Bonchev–Trinajstić information content (AvgIpc) is 3.08. The molecule has 3 rings (SSSR count). The molecule has 0 fully saturated rings. The van der Waals surface area contributed by atoms with Gasteiger partial charge in [-0.05, 0) is 73.8 Å². The highest BCUT2D eigenvalue weighted by Gasteiger charge is 2.29. The molecule has 1 aromatic heterocycles. The molecule has 0 saturated heterocycles. The van der Waals surface area contributed by atoms with Gasteiger partial charge in [-0.25, -0.2) is 9.59 Å². The summed E-state index contributed by atoms with van der Waals surface area (Å²) in [6, 6.07) is 12.8. The van der Waals surface area contributed by atoms with Gasteiger partial charge in [0, 0.05) is 11.3 Å². The zero-order chi connectivity index (χ0) is 24.9. The molecular formula is C23H23F3N2O5S. The molecular weight excluding hydrogens is 473 g/mol. The van der Waals surface area contributed by atoms with Crippen LogP contribution < -0.4 is 10.5 Å². The van der Waals surface area contributed by atoms with Crippen molar-refractivity contribution in [2.24, 2.45) is 0 Å². The monoisotopic (exact) mass is 496 g/mol. The van der Waals surface area contributed by atoms with Crippen LogP contribution in [0, 0.1) is 0 Å². The smallest absolute Gasteiger partial charge is 0.446 e. The number of thioether (sulfide) groups is 1. The molecule has 3 aromatic rings. The van der Waals surface area contributed by atoms with E-state index in [1.54, 1.807) is 12.1 Å². The first-order chi connectivity index (χ1) is 15.9. The third kappa shape index (κ3) is 7.41. The van der Waals surface area contributed by atoms with E-state index >= 15 is 0 Å². The number of rotatable bonds is 10. The largest absolute Gasteiger partial charge is 0.478 e. The standard InChI is InChI=1S/C23H23F3N2O5S/c1-22(2,20(29)30)33-17-10-6-15(7-11-17)4-3-5-19-27-28(21(31)32-19)14-16-8-12-18(13-9-16)34-23(24,25)26/h6-13H,3-5,14H2,1-2H3,(H,29,30). The molecule has 0 aliphatic heterocycles. The lowest BCUT2D eigenvalue weighted by Gasteiger charge is -2.21. The van der Waals surface area contributed by atoms with Crippen molar-refractivity contribution in [1.29, 1.82) is 0 Å². The summed E-state index contributed by atoms with van der Waals surface area (Å²) < 4.78 is 49.1. The van der Waals surface area contributed by atoms with Gasteiger partial charge in [0.2, 0.25) is 5.89 Å². The van der Waals surface area contributed by atoms with Crippen LogP contribution in [0.3, 0.4) is 0 Å². The van der Waals surface area contributed by atoms with Crippen LogP contribution in [0.25, 0.3) is 0 Å². The number of carboxylic acid groups (broad SMARTS) is 1. The van der Waals surface area contributed by atoms with Gasteiger partial charge in [-0.2, -0.15) is 17.9 Å². The van der Waals surface area contributed by atoms with E-state index in [4.69, 9.17) is 14.3 Å². The Morgan fingerprint density at radius 2 is 1.68 bits per heavy atom. The van der Waals surface area contributed by atoms with Crippen molar-refractivity contribution in [3.05, 3.63) is 76.1 Å². The summed E-state index contributed by atoms with van der Waals surface area (Å²) in [5, 5.41) is 13.3. The molecule has 34 heavy (non-hydrogen) atoms. The molecule has 0 spiro atoms. The number of carbonyl (C=O) groups is 1. The highest BCUT2D eigenvalue weighted by Crippen LogP contribution is 2.36. The van der Waals surface area contributed by atoms with Gasteiger partial charge in [0.05, 0.1) is 6.54 Å². The van der Waals surface area contributed by atoms with Crippen LogP contribution in [0.1, 0.15) is 37.3 Å². The average molecular weight is 497 g/mol. The maximum atomic E-state index is 12.4. The van der Waals surface area contributed by atoms with Crippen molar-refractivity contribution in [2.45, 2.75) is 55.7 Å². The van der Waals surface area contributed by atoms with Crippen molar-refractivity contribution in [3.63, 3.8) is 0 Å². The molecule has 0 atom stereocenters. The number of alkyl halides is 3. The Labute approximate surface area is 197 Å². The van der Waals surface area contributed by atoms with Crippen LogP contribution in [-0.4, -0.2) is 32.0 Å². The van der Waals surface area contributed by atoms with Crippen LogP contribution in [0.4, 0.5) is 13.2 Å². The maximum Gasteiger partial charge on any atom is 0.446 e. The lowest BCUT2D eigenvalue weighted by Crippen LogP contribution is -2.37. The number of hydrogen-bond donors (Lipinski definition) is 1. The quantitative estimate of drug-likeness (QED) is 0.399. The number of carboxylic acids is 1. The third-order valence-corrected chi connectivity index (χ3v) is 5.54. The van der Waals surface area contributed by atoms with Crippen LogP contribution in [0.2, 0.25) is 0 Å². The normalized spacial score (nSPS) is 12.0. The number of aliphatic carboxylic acids is 1. The van der Waals surface area contributed by atoms with Crippen LogP contribution in [-0.2, 0) is 24.2 Å². The molecule has 0 saturated carbocycles. The number of halogens is 3. The second-order valence-corrected chi connectivity index (χ2v) is 9.16. The molecule has 2 aromatic carbocycles. The van der Waals surface area contributed by atoms with Gasteiger partial charge in [-0.3, -0.25) is 0 Å². The van der Waals surface area contributed by atoms with Gasteiger partial charge in [-0.1, -0.05) is 24.3 Å². The fourth-order valence-corrected chi connectivity index (χ4v) is 3.57. The number of ether oxygens (including phenoxy) is 1. The Morgan fingerprint density at radius 1 is 1.06 bits per heavy atom. The Balaban J connectivity index is 1.51. The van der Waals surface area contributed by atoms with Crippen molar-refractivity contribution < 1.29 is 32.2 Å². The van der Waals surface area contributed by atoms with Gasteiger partial charge in [0.25, 0.3) is 0 Å². The van der Waals surface area contributed by atoms with Gasteiger partial charge in [0.1, 0.15) is 5.75 Å². The van der Waals surface area contributed by atoms with E-state index < -0.39 is 22.8 Å². The minimum absolute atomic E-state index is 0.0645. The van der Waals surface area contributed by atoms with E-state index in [1.807, 2.05) is 12.1 Å². The first-order valence-electron chi connectivity index (χ1n) is 10.3. The zero-order valence-electron chi connectivity index (χ0n) is 18.5. The Hall–Kier alpha value is -3.21. The molecule has 0 unspecified atom stereocenters. The fraction of sp³-hybridized carbons (Fsp3) is 0.348. The molecule has 1 N–H and O–H groups in total. The maximum absolute atomic E-state index is 12.4. The van der Waals surface area contributed by atoms with Crippen LogP contribution in [0.15, 0.2) is 62.6 Å². The van der Waals surface area contributed by atoms with E-state index in [9.17, 15) is 22.8 Å². The molecule has 1 heterocycles. The van der Waals surface area contributed by atoms with Gasteiger partial charge in [0.15, 0.2) is 5.60 Å². The summed E-state index contributed by atoms with van der Waals surface area (Å²) in [5.41, 5.74) is -4.06. The van der Waals surface area contributed by atoms with E-state index in [1.165, 1.54) is 38.1 Å². The lowest BCUT2D eigenvalue weighted by molar-refractivity contribution is -0.152. The fourth-order valence-electron chi connectivity index (χ4n) is 3.03. The lowest BCUT2D eigenvalue weighted by atomic mass is 10.1. The van der Waals surface area contributed by atoms with Gasteiger partial charge >= 0.3 is 17.2 Å². The van der Waals surface area contributed by atoms with E-state index in [0.29, 0.717) is 30.6 Å². The van der Waals surface area contributed by atoms with Crippen LogP contribution >= 0.6 is 11.8 Å². The predicted molar refractivity (Wildman–Crippen MR) is 119 cm³/mol. The second-order valence-electron chi connectivity index (χ2n) is 8.03. The summed E-state index contributed by atoms with van der Waals surface area (Å²) in [6.07, 6.45) is 1.76. The molecule has 0 aliphatic carbocycles.